The molecule has 0 unspecified atom stereocenters. The summed E-state index contributed by atoms with van der Waals surface area (Å²) in [5, 5.41) is 2.75. The Balaban J connectivity index is 1.87. The molecular weight excluding hydrogens is 404 g/mol. The summed E-state index contributed by atoms with van der Waals surface area (Å²) in [6.45, 7) is 2.42. The summed E-state index contributed by atoms with van der Waals surface area (Å²) < 4.78 is 0. The number of nitrogens with zero attached hydrogens (tertiary/aromatic N) is 1. The van der Waals surface area contributed by atoms with Gasteiger partial charge in [0, 0.05) is 24.9 Å². The van der Waals surface area contributed by atoms with E-state index >= 15 is 0 Å². The molecule has 4 nitrogen and oxygen atoms in total. The third kappa shape index (κ3) is 6.72. The molecule has 3 aromatic rings. The molecule has 0 aliphatic rings. The van der Waals surface area contributed by atoms with Gasteiger partial charge in [0.1, 0.15) is 6.04 Å². The van der Waals surface area contributed by atoms with Crippen LogP contribution in [0.4, 0.5) is 0 Å². The SMILES string of the molecule is CNC(=O)[C@H](Cc1ccccc1)N(Cc1cccc(C)c1)C(=O)CSc1ccccc1. The van der Waals surface area contributed by atoms with Crippen LogP contribution in [0, 0.1) is 6.92 Å². The van der Waals surface area contributed by atoms with Gasteiger partial charge in [-0.1, -0.05) is 78.4 Å². The third-order valence-electron chi connectivity index (χ3n) is 5.06. The second kappa shape index (κ2) is 11.4. The van der Waals surface area contributed by atoms with Crippen LogP contribution in [0.25, 0.3) is 0 Å². The summed E-state index contributed by atoms with van der Waals surface area (Å²) in [5.41, 5.74) is 3.16. The molecule has 0 radical (unpaired) electrons. The number of amides is 2. The lowest BCUT2D eigenvalue weighted by atomic mass is 10.0. The zero-order chi connectivity index (χ0) is 22.1. The summed E-state index contributed by atoms with van der Waals surface area (Å²) in [7, 11) is 1.62. The predicted octanol–water partition coefficient (Wildman–Crippen LogP) is 4.47. The monoisotopic (exact) mass is 432 g/mol. The molecule has 0 spiro atoms. The van der Waals surface area contributed by atoms with Crippen LogP contribution in [-0.2, 0) is 22.6 Å². The van der Waals surface area contributed by atoms with E-state index in [9.17, 15) is 9.59 Å². The highest BCUT2D eigenvalue weighted by Crippen LogP contribution is 2.21. The molecule has 2 amide bonds. The Labute approximate surface area is 188 Å². The second-order valence-electron chi connectivity index (χ2n) is 7.43. The average molecular weight is 433 g/mol. The number of benzene rings is 3. The molecule has 0 saturated carbocycles. The number of likely N-dealkylation sites (N-methyl/N-ethyl adjacent to an activating group) is 1. The van der Waals surface area contributed by atoms with Gasteiger partial charge in [0.2, 0.25) is 11.8 Å². The Bertz CT molecular complexity index is 993. The van der Waals surface area contributed by atoms with E-state index in [1.807, 2.05) is 85.8 Å². The molecule has 5 heteroatoms. The standard InChI is InChI=1S/C26H28N2O2S/c1-20-10-9-13-22(16-20)18-28(25(29)19-31-23-14-7-4-8-15-23)24(26(30)27-2)17-21-11-5-3-6-12-21/h3-16,24H,17-19H2,1-2H3,(H,27,30)/t24-/m0/s1. The van der Waals surface area contributed by atoms with Crippen LogP contribution in [0.5, 0.6) is 0 Å². The van der Waals surface area contributed by atoms with Crippen molar-refractivity contribution >= 4 is 23.6 Å². The van der Waals surface area contributed by atoms with Crippen molar-refractivity contribution in [3.63, 3.8) is 0 Å². The number of hydrogen-bond donors (Lipinski definition) is 1. The van der Waals surface area contributed by atoms with E-state index in [0.29, 0.717) is 13.0 Å². The highest BCUT2D eigenvalue weighted by molar-refractivity contribution is 8.00. The van der Waals surface area contributed by atoms with Gasteiger partial charge >= 0.3 is 0 Å². The van der Waals surface area contributed by atoms with Gasteiger partial charge in [-0.3, -0.25) is 9.59 Å². The zero-order valence-electron chi connectivity index (χ0n) is 18.0. The van der Waals surface area contributed by atoms with E-state index in [1.54, 1.807) is 11.9 Å². The molecule has 31 heavy (non-hydrogen) atoms. The number of thioether (sulfide) groups is 1. The van der Waals surface area contributed by atoms with Crippen molar-refractivity contribution in [2.45, 2.75) is 30.8 Å². The third-order valence-corrected chi connectivity index (χ3v) is 6.06. The number of carbonyl (C=O) groups excluding carboxylic acids is 2. The van der Waals surface area contributed by atoms with Gasteiger partial charge in [0.25, 0.3) is 0 Å². The number of aryl methyl sites for hydroxylation is 1. The van der Waals surface area contributed by atoms with Gasteiger partial charge in [-0.2, -0.15) is 0 Å². The molecule has 0 saturated heterocycles. The minimum absolute atomic E-state index is 0.0557. The Hall–Kier alpha value is -3.05. The van der Waals surface area contributed by atoms with Crippen LogP contribution in [0.1, 0.15) is 16.7 Å². The van der Waals surface area contributed by atoms with Gasteiger partial charge in [0.15, 0.2) is 0 Å². The number of carbonyl (C=O) groups is 2. The van der Waals surface area contributed by atoms with Crippen molar-refractivity contribution in [2.24, 2.45) is 0 Å². The molecular formula is C26H28N2O2S. The van der Waals surface area contributed by atoms with Crippen LogP contribution in [0.2, 0.25) is 0 Å². The predicted molar refractivity (Wildman–Crippen MR) is 127 cm³/mol. The highest BCUT2D eigenvalue weighted by atomic mass is 32.2. The number of hydrogen-bond acceptors (Lipinski definition) is 3. The van der Waals surface area contributed by atoms with E-state index in [0.717, 1.165) is 21.6 Å². The van der Waals surface area contributed by atoms with Gasteiger partial charge in [-0.15, -0.1) is 11.8 Å². The number of rotatable bonds is 9. The fourth-order valence-electron chi connectivity index (χ4n) is 3.47. The first-order valence-corrected chi connectivity index (χ1v) is 11.3. The molecule has 3 rings (SSSR count). The topological polar surface area (TPSA) is 49.4 Å². The van der Waals surface area contributed by atoms with Gasteiger partial charge in [-0.05, 0) is 30.2 Å². The van der Waals surface area contributed by atoms with Crippen molar-refractivity contribution in [3.8, 4) is 0 Å². The van der Waals surface area contributed by atoms with E-state index in [2.05, 4.69) is 11.4 Å². The lowest BCUT2D eigenvalue weighted by molar-refractivity contribution is -0.139. The molecule has 0 heterocycles. The van der Waals surface area contributed by atoms with Crippen molar-refractivity contribution in [1.29, 1.82) is 0 Å². The second-order valence-corrected chi connectivity index (χ2v) is 8.48. The molecule has 0 fully saturated rings. The Kier molecular flexibility index (Phi) is 8.30. The molecule has 0 aliphatic carbocycles. The van der Waals surface area contributed by atoms with Crippen LogP contribution < -0.4 is 5.32 Å². The molecule has 0 aromatic heterocycles. The maximum Gasteiger partial charge on any atom is 0.242 e. The van der Waals surface area contributed by atoms with Crippen LogP contribution in [0.3, 0.4) is 0 Å². The normalized spacial score (nSPS) is 11.5. The number of nitrogens with one attached hydrogen (secondary N) is 1. The first kappa shape index (κ1) is 22.6. The van der Waals surface area contributed by atoms with Crippen LogP contribution in [0.15, 0.2) is 89.8 Å². The molecule has 0 bridgehead atoms. The maximum atomic E-state index is 13.4. The van der Waals surface area contributed by atoms with Gasteiger partial charge < -0.3 is 10.2 Å². The molecule has 1 atom stereocenters. The molecule has 0 aliphatic heterocycles. The molecule has 3 aromatic carbocycles. The lowest BCUT2D eigenvalue weighted by Gasteiger charge is -2.31. The minimum atomic E-state index is -0.586. The van der Waals surface area contributed by atoms with Gasteiger partial charge in [0.05, 0.1) is 5.75 Å². The Morgan fingerprint density at radius 1 is 0.903 bits per heavy atom. The maximum absolute atomic E-state index is 13.4. The quantitative estimate of drug-likeness (QED) is 0.508. The van der Waals surface area contributed by atoms with Crippen molar-refractivity contribution in [2.75, 3.05) is 12.8 Å². The fraction of sp³-hybridized carbons (Fsp3) is 0.231. The fourth-order valence-corrected chi connectivity index (χ4v) is 4.28. The van der Waals surface area contributed by atoms with Crippen LogP contribution >= 0.6 is 11.8 Å². The first-order chi connectivity index (χ1) is 15.1. The minimum Gasteiger partial charge on any atom is -0.357 e. The van der Waals surface area contributed by atoms with Crippen molar-refractivity contribution in [3.05, 3.63) is 102 Å². The summed E-state index contributed by atoms with van der Waals surface area (Å²) >= 11 is 1.49. The largest absolute Gasteiger partial charge is 0.357 e. The smallest absolute Gasteiger partial charge is 0.242 e. The summed E-state index contributed by atoms with van der Waals surface area (Å²) in [5.74, 6) is 0.0624. The van der Waals surface area contributed by atoms with E-state index in [1.165, 1.54) is 11.8 Å². The van der Waals surface area contributed by atoms with E-state index in [4.69, 9.17) is 0 Å². The average Bonchev–Trinajstić information content (AvgIpc) is 2.80. The molecule has 1 N–H and O–H groups in total. The summed E-state index contributed by atoms with van der Waals surface area (Å²) in [6, 6.07) is 27.2. The van der Waals surface area contributed by atoms with Crippen molar-refractivity contribution < 1.29 is 9.59 Å². The van der Waals surface area contributed by atoms with Gasteiger partial charge in [-0.25, -0.2) is 0 Å². The summed E-state index contributed by atoms with van der Waals surface area (Å²) in [6.07, 6.45) is 0.466. The van der Waals surface area contributed by atoms with Crippen molar-refractivity contribution in [1.82, 2.24) is 10.2 Å². The van der Waals surface area contributed by atoms with Crippen LogP contribution in [-0.4, -0.2) is 35.6 Å². The van der Waals surface area contributed by atoms with E-state index < -0.39 is 6.04 Å². The Morgan fingerprint density at radius 3 is 2.19 bits per heavy atom. The lowest BCUT2D eigenvalue weighted by Crippen LogP contribution is -2.50. The first-order valence-electron chi connectivity index (χ1n) is 10.3. The van der Waals surface area contributed by atoms with E-state index in [-0.39, 0.29) is 17.6 Å². The molecule has 160 valence electrons. The Morgan fingerprint density at radius 2 is 1.55 bits per heavy atom. The summed E-state index contributed by atoms with van der Waals surface area (Å²) in [4.78, 5) is 29.0. The highest BCUT2D eigenvalue weighted by Gasteiger charge is 2.29. The zero-order valence-corrected chi connectivity index (χ0v) is 18.8.